The lowest BCUT2D eigenvalue weighted by molar-refractivity contribution is -0.150. The van der Waals surface area contributed by atoms with Crippen molar-refractivity contribution in [1.82, 2.24) is 9.47 Å². The first-order valence-electron chi connectivity index (χ1n) is 7.13. The summed E-state index contributed by atoms with van der Waals surface area (Å²) in [5.74, 6) is 0.959. The van der Waals surface area contributed by atoms with Crippen LogP contribution in [0, 0.1) is 5.41 Å². The average Bonchev–Trinajstić information content (AvgIpc) is 3.04. The van der Waals surface area contributed by atoms with Crippen molar-refractivity contribution in [1.29, 1.82) is 0 Å². The second-order valence-corrected chi connectivity index (χ2v) is 7.90. The smallest absolute Gasteiger partial charge is 0.332 e. The summed E-state index contributed by atoms with van der Waals surface area (Å²) in [4.78, 5) is 14.7. The maximum absolute atomic E-state index is 12.6. The molecule has 0 spiro atoms. The van der Waals surface area contributed by atoms with E-state index < -0.39 is 11.6 Å². The summed E-state index contributed by atoms with van der Waals surface area (Å²) in [6, 6.07) is 3.74. The molecule has 0 amide bonds. The van der Waals surface area contributed by atoms with Gasteiger partial charge in [0.15, 0.2) is 11.8 Å². The summed E-state index contributed by atoms with van der Waals surface area (Å²) in [6.07, 6.45) is 0.700. The summed E-state index contributed by atoms with van der Waals surface area (Å²) < 4.78 is 7.52. The Labute approximate surface area is 129 Å². The number of carbonyl (C=O) groups is 1. The first kappa shape index (κ1) is 14.9. The number of aliphatic hydroxyl groups is 1. The molecular weight excluding hydrogens is 288 g/mol. The standard InChI is InChI=1S/C15H22N2O3S/c1-14(2,3)12-17-9-21-8-15(17,13(19)20-12)11(18)10-6-5-7-16(10)4/h5-7,11-12,18H,8-9H2,1-4H3. The first-order valence-corrected chi connectivity index (χ1v) is 8.29. The molecule has 3 atom stereocenters. The van der Waals surface area contributed by atoms with E-state index in [1.165, 1.54) is 0 Å². The van der Waals surface area contributed by atoms with Crippen molar-refractivity contribution in [3.63, 3.8) is 0 Å². The van der Waals surface area contributed by atoms with Crippen LogP contribution in [0.2, 0.25) is 0 Å². The van der Waals surface area contributed by atoms with Gasteiger partial charge in [-0.2, -0.15) is 0 Å². The van der Waals surface area contributed by atoms with Crippen molar-refractivity contribution in [2.24, 2.45) is 12.5 Å². The third-order valence-corrected chi connectivity index (χ3v) is 5.48. The molecule has 0 aliphatic carbocycles. The predicted octanol–water partition coefficient (Wildman–Crippen LogP) is 1.73. The molecule has 6 heteroatoms. The summed E-state index contributed by atoms with van der Waals surface area (Å²) in [6.45, 7) is 6.16. The summed E-state index contributed by atoms with van der Waals surface area (Å²) >= 11 is 1.68. The Morgan fingerprint density at radius 2 is 2.24 bits per heavy atom. The summed E-state index contributed by atoms with van der Waals surface area (Å²) in [7, 11) is 1.88. The average molecular weight is 310 g/mol. The molecule has 0 aromatic carbocycles. The van der Waals surface area contributed by atoms with Crippen LogP contribution in [0.1, 0.15) is 32.6 Å². The quantitative estimate of drug-likeness (QED) is 0.843. The van der Waals surface area contributed by atoms with Gasteiger partial charge in [-0.1, -0.05) is 20.8 Å². The number of rotatable bonds is 2. The molecule has 3 unspecified atom stereocenters. The highest BCUT2D eigenvalue weighted by Gasteiger charge is 2.64. The number of ether oxygens (including phenoxy) is 1. The van der Waals surface area contributed by atoms with Gasteiger partial charge in [-0.25, -0.2) is 9.69 Å². The van der Waals surface area contributed by atoms with E-state index in [4.69, 9.17) is 4.74 Å². The third kappa shape index (κ3) is 2.04. The number of aryl methyl sites for hydroxylation is 1. The molecule has 1 aromatic heterocycles. The number of hydrogen-bond acceptors (Lipinski definition) is 5. The maximum Gasteiger partial charge on any atom is 0.332 e. The van der Waals surface area contributed by atoms with E-state index in [1.54, 1.807) is 11.8 Å². The van der Waals surface area contributed by atoms with Crippen molar-refractivity contribution in [3.05, 3.63) is 24.0 Å². The number of thioether (sulfide) groups is 1. The van der Waals surface area contributed by atoms with Gasteiger partial charge in [0, 0.05) is 36.0 Å². The van der Waals surface area contributed by atoms with Crippen molar-refractivity contribution in [2.45, 2.75) is 38.6 Å². The topological polar surface area (TPSA) is 54.7 Å². The van der Waals surface area contributed by atoms with Crippen LogP contribution in [-0.2, 0) is 16.6 Å². The van der Waals surface area contributed by atoms with Gasteiger partial charge in [0.1, 0.15) is 6.10 Å². The van der Waals surface area contributed by atoms with E-state index in [-0.39, 0.29) is 17.6 Å². The molecule has 1 aromatic rings. The zero-order valence-corrected chi connectivity index (χ0v) is 13.7. The van der Waals surface area contributed by atoms with Crippen LogP contribution in [-0.4, -0.2) is 43.9 Å². The Balaban J connectivity index is 2.03. The van der Waals surface area contributed by atoms with Gasteiger partial charge in [0.05, 0.1) is 0 Å². The van der Waals surface area contributed by atoms with Crippen molar-refractivity contribution >= 4 is 17.7 Å². The second-order valence-electron chi connectivity index (χ2n) is 6.94. The Morgan fingerprint density at radius 1 is 1.52 bits per heavy atom. The lowest BCUT2D eigenvalue weighted by Gasteiger charge is -2.36. The molecule has 2 saturated heterocycles. The van der Waals surface area contributed by atoms with Gasteiger partial charge in [0.2, 0.25) is 0 Å². The summed E-state index contributed by atoms with van der Waals surface area (Å²) in [5, 5.41) is 10.9. The number of cyclic esters (lactones) is 1. The van der Waals surface area contributed by atoms with Crippen LogP contribution < -0.4 is 0 Å². The highest BCUT2D eigenvalue weighted by Crippen LogP contribution is 2.50. The minimum atomic E-state index is -0.964. The van der Waals surface area contributed by atoms with Crippen LogP contribution in [0.4, 0.5) is 0 Å². The van der Waals surface area contributed by atoms with E-state index in [9.17, 15) is 9.90 Å². The number of aliphatic hydroxyl groups excluding tert-OH is 1. The van der Waals surface area contributed by atoms with Gasteiger partial charge in [-0.15, -0.1) is 11.8 Å². The number of esters is 1. The van der Waals surface area contributed by atoms with E-state index >= 15 is 0 Å². The van der Waals surface area contributed by atoms with E-state index in [2.05, 4.69) is 20.8 Å². The molecule has 0 saturated carbocycles. The van der Waals surface area contributed by atoms with Crippen LogP contribution in [0.15, 0.2) is 18.3 Å². The Kier molecular flexibility index (Phi) is 3.39. The Morgan fingerprint density at radius 3 is 2.81 bits per heavy atom. The number of hydrogen-bond donors (Lipinski definition) is 1. The lowest BCUT2D eigenvalue weighted by atomic mass is 9.88. The van der Waals surface area contributed by atoms with E-state index in [0.29, 0.717) is 11.6 Å². The largest absolute Gasteiger partial charge is 0.444 e. The fourth-order valence-corrected chi connectivity index (χ4v) is 4.62. The molecule has 3 heterocycles. The van der Waals surface area contributed by atoms with Crippen LogP contribution in [0.5, 0.6) is 0 Å². The lowest BCUT2D eigenvalue weighted by Crippen LogP contribution is -2.54. The molecule has 2 aliphatic rings. The Hall–Kier alpha value is -0.980. The fourth-order valence-electron chi connectivity index (χ4n) is 3.21. The van der Waals surface area contributed by atoms with Gasteiger partial charge in [-0.05, 0) is 12.1 Å². The monoisotopic (exact) mass is 310 g/mol. The Bertz CT molecular complexity index is 566. The predicted molar refractivity (Wildman–Crippen MR) is 81.6 cm³/mol. The number of aromatic nitrogens is 1. The van der Waals surface area contributed by atoms with Crippen LogP contribution in [0.3, 0.4) is 0 Å². The molecule has 5 nitrogen and oxygen atoms in total. The van der Waals surface area contributed by atoms with Crippen molar-refractivity contribution in [3.8, 4) is 0 Å². The minimum Gasteiger partial charge on any atom is -0.444 e. The number of nitrogens with zero attached hydrogens (tertiary/aromatic N) is 2. The third-order valence-electron chi connectivity index (χ3n) is 4.38. The highest BCUT2D eigenvalue weighted by atomic mass is 32.2. The fraction of sp³-hybridized carbons (Fsp3) is 0.667. The van der Waals surface area contributed by atoms with Gasteiger partial charge in [-0.3, -0.25) is 0 Å². The molecule has 0 bridgehead atoms. The van der Waals surface area contributed by atoms with E-state index in [1.807, 2.05) is 34.8 Å². The maximum atomic E-state index is 12.6. The normalized spacial score (nSPS) is 31.3. The molecule has 1 N–H and O–H groups in total. The molecule has 0 radical (unpaired) electrons. The molecule has 2 fully saturated rings. The minimum absolute atomic E-state index is 0.184. The van der Waals surface area contributed by atoms with Crippen LogP contribution >= 0.6 is 11.8 Å². The van der Waals surface area contributed by atoms with Gasteiger partial charge >= 0.3 is 5.97 Å². The molecule has 3 rings (SSSR count). The first-order chi connectivity index (χ1) is 9.78. The number of fused-ring (bicyclic) bond motifs is 1. The van der Waals surface area contributed by atoms with Gasteiger partial charge < -0.3 is 14.4 Å². The molecule has 2 aliphatic heterocycles. The zero-order chi connectivity index (χ0) is 15.4. The SMILES string of the molecule is Cn1cccc1C(O)C12CSCN1C(C(C)(C)C)OC2=O. The van der Waals surface area contributed by atoms with Crippen molar-refractivity contribution in [2.75, 3.05) is 11.6 Å². The highest BCUT2D eigenvalue weighted by molar-refractivity contribution is 7.99. The molecule has 21 heavy (non-hydrogen) atoms. The molecule has 116 valence electrons. The zero-order valence-electron chi connectivity index (χ0n) is 12.9. The van der Waals surface area contributed by atoms with E-state index in [0.717, 1.165) is 5.69 Å². The second kappa shape index (κ2) is 4.76. The molecular formula is C15H22N2O3S. The van der Waals surface area contributed by atoms with Crippen LogP contribution in [0.25, 0.3) is 0 Å². The van der Waals surface area contributed by atoms with Gasteiger partial charge in [0.25, 0.3) is 0 Å². The summed E-state index contributed by atoms with van der Waals surface area (Å²) in [5.41, 5.74) is -0.403. The number of carbonyl (C=O) groups excluding carboxylic acids is 1. The van der Waals surface area contributed by atoms with Crippen molar-refractivity contribution < 1.29 is 14.6 Å².